The Hall–Kier alpha value is -2.47. The van der Waals surface area contributed by atoms with Gasteiger partial charge in [-0.3, -0.25) is 4.79 Å². The number of rotatable bonds is 11. The van der Waals surface area contributed by atoms with E-state index in [4.69, 9.17) is 9.47 Å². The average molecular weight is 402 g/mol. The molecule has 0 radical (unpaired) electrons. The molecular weight excluding hydrogens is 374 g/mol. The van der Waals surface area contributed by atoms with Crippen molar-refractivity contribution in [2.24, 2.45) is 5.92 Å². The zero-order chi connectivity index (χ0) is 20.2. The predicted molar refractivity (Wildman–Crippen MR) is 113 cm³/mol. The number of benzene rings is 2. The molecule has 2 aromatic carbocycles. The molecule has 0 atom stereocenters. The van der Waals surface area contributed by atoms with Crippen LogP contribution in [0.3, 0.4) is 0 Å². The van der Waals surface area contributed by atoms with Crippen LogP contribution >= 0.6 is 11.8 Å². The van der Waals surface area contributed by atoms with E-state index in [0.29, 0.717) is 30.4 Å². The van der Waals surface area contributed by atoms with E-state index in [-0.39, 0.29) is 12.5 Å². The summed E-state index contributed by atoms with van der Waals surface area (Å²) in [5.74, 6) is 2.01. The summed E-state index contributed by atoms with van der Waals surface area (Å²) in [5.41, 5.74) is 1.65. The molecule has 1 N–H and O–H groups in total. The van der Waals surface area contributed by atoms with Gasteiger partial charge in [-0.2, -0.15) is 11.8 Å². The Morgan fingerprint density at radius 1 is 1.04 bits per heavy atom. The van der Waals surface area contributed by atoms with Crippen molar-refractivity contribution in [1.29, 1.82) is 0 Å². The summed E-state index contributed by atoms with van der Waals surface area (Å²) in [6, 6.07) is 16.9. The lowest BCUT2D eigenvalue weighted by atomic mass is 10.2. The second-order valence-corrected chi connectivity index (χ2v) is 7.80. The minimum atomic E-state index is -0.524. The zero-order valence-electron chi connectivity index (χ0n) is 16.4. The fourth-order valence-electron chi connectivity index (χ4n) is 2.24. The molecule has 5 nitrogen and oxygen atoms in total. The van der Waals surface area contributed by atoms with Crippen LogP contribution in [-0.4, -0.2) is 37.4 Å². The molecule has 0 aromatic heterocycles. The maximum atomic E-state index is 12.0. The first kappa shape index (κ1) is 21.8. The number of nitrogens with one attached hydrogen (secondary N) is 1. The summed E-state index contributed by atoms with van der Waals surface area (Å²) in [5, 5.41) is 2.76. The molecule has 0 aliphatic carbocycles. The maximum Gasteiger partial charge on any atom is 0.338 e. The smallest absolute Gasteiger partial charge is 0.338 e. The SMILES string of the molecule is CC(C)COc1ccc(C(=O)OCC(=O)NCCSCc2ccccc2)cc1. The van der Waals surface area contributed by atoms with E-state index in [9.17, 15) is 9.59 Å². The molecule has 0 unspecified atom stereocenters. The number of hydrogen-bond acceptors (Lipinski definition) is 5. The molecule has 6 heteroatoms. The number of hydrogen-bond donors (Lipinski definition) is 1. The Balaban J connectivity index is 1.60. The fraction of sp³-hybridized carbons (Fsp3) is 0.364. The zero-order valence-corrected chi connectivity index (χ0v) is 17.2. The summed E-state index contributed by atoms with van der Waals surface area (Å²) in [7, 11) is 0. The lowest BCUT2D eigenvalue weighted by molar-refractivity contribution is -0.124. The summed E-state index contributed by atoms with van der Waals surface area (Å²) in [6.45, 7) is 5.01. The first-order valence-corrected chi connectivity index (χ1v) is 10.5. The van der Waals surface area contributed by atoms with E-state index in [1.54, 1.807) is 36.0 Å². The lowest BCUT2D eigenvalue weighted by Gasteiger charge is -2.09. The van der Waals surface area contributed by atoms with Crippen LogP contribution in [0.25, 0.3) is 0 Å². The molecule has 2 rings (SSSR count). The largest absolute Gasteiger partial charge is 0.493 e. The quantitative estimate of drug-likeness (QED) is 0.457. The van der Waals surface area contributed by atoms with Crippen molar-refractivity contribution in [2.45, 2.75) is 19.6 Å². The molecule has 0 aliphatic rings. The van der Waals surface area contributed by atoms with E-state index >= 15 is 0 Å². The second kappa shape index (κ2) is 12.1. The monoisotopic (exact) mass is 401 g/mol. The molecule has 0 bridgehead atoms. The first-order valence-electron chi connectivity index (χ1n) is 9.33. The number of carbonyl (C=O) groups is 2. The van der Waals surface area contributed by atoms with Crippen molar-refractivity contribution < 1.29 is 19.1 Å². The van der Waals surface area contributed by atoms with Crippen molar-refractivity contribution in [3.05, 3.63) is 65.7 Å². The molecule has 0 spiro atoms. The minimum Gasteiger partial charge on any atom is -0.493 e. The Labute approximate surface area is 170 Å². The molecule has 0 saturated heterocycles. The van der Waals surface area contributed by atoms with E-state index in [2.05, 4.69) is 31.3 Å². The van der Waals surface area contributed by atoms with Gasteiger partial charge in [0.15, 0.2) is 6.61 Å². The molecule has 0 saturated carbocycles. The van der Waals surface area contributed by atoms with Gasteiger partial charge in [0.2, 0.25) is 0 Å². The van der Waals surface area contributed by atoms with Crippen LogP contribution in [0.1, 0.15) is 29.8 Å². The normalized spacial score (nSPS) is 10.5. The summed E-state index contributed by atoms with van der Waals surface area (Å²) in [6.07, 6.45) is 0. The first-order chi connectivity index (χ1) is 13.5. The highest BCUT2D eigenvalue weighted by molar-refractivity contribution is 7.98. The number of ether oxygens (including phenoxy) is 2. The number of amides is 1. The summed E-state index contributed by atoms with van der Waals surface area (Å²) >= 11 is 1.74. The van der Waals surface area contributed by atoms with Crippen LogP contribution in [0.4, 0.5) is 0 Å². The number of esters is 1. The van der Waals surface area contributed by atoms with Gasteiger partial charge in [-0.15, -0.1) is 0 Å². The topological polar surface area (TPSA) is 64.6 Å². The third-order valence-electron chi connectivity index (χ3n) is 3.69. The van der Waals surface area contributed by atoms with Gasteiger partial charge in [-0.05, 0) is 35.7 Å². The van der Waals surface area contributed by atoms with E-state index in [0.717, 1.165) is 11.5 Å². The highest BCUT2D eigenvalue weighted by Gasteiger charge is 2.10. The van der Waals surface area contributed by atoms with Crippen LogP contribution in [0.5, 0.6) is 5.75 Å². The predicted octanol–water partition coefficient (Wildman–Crippen LogP) is 3.93. The van der Waals surface area contributed by atoms with Gasteiger partial charge in [0.1, 0.15) is 5.75 Å². The van der Waals surface area contributed by atoms with Crippen molar-refractivity contribution in [1.82, 2.24) is 5.32 Å². The summed E-state index contributed by atoms with van der Waals surface area (Å²) < 4.78 is 10.6. The van der Waals surface area contributed by atoms with E-state index < -0.39 is 5.97 Å². The summed E-state index contributed by atoms with van der Waals surface area (Å²) in [4.78, 5) is 23.8. The molecule has 0 fully saturated rings. The van der Waals surface area contributed by atoms with Crippen LogP contribution in [0.15, 0.2) is 54.6 Å². The number of thioether (sulfide) groups is 1. The minimum absolute atomic E-state index is 0.284. The third-order valence-corrected chi connectivity index (χ3v) is 4.72. The van der Waals surface area contributed by atoms with Crippen molar-refractivity contribution in [3.63, 3.8) is 0 Å². The lowest BCUT2D eigenvalue weighted by Crippen LogP contribution is -2.30. The highest BCUT2D eigenvalue weighted by Crippen LogP contribution is 2.14. The van der Waals surface area contributed by atoms with Crippen LogP contribution in [0, 0.1) is 5.92 Å². The van der Waals surface area contributed by atoms with Crippen LogP contribution < -0.4 is 10.1 Å². The average Bonchev–Trinajstić information content (AvgIpc) is 2.71. The Morgan fingerprint density at radius 2 is 1.75 bits per heavy atom. The molecule has 2 aromatic rings. The Kier molecular flexibility index (Phi) is 9.42. The van der Waals surface area contributed by atoms with Gasteiger partial charge >= 0.3 is 5.97 Å². The second-order valence-electron chi connectivity index (χ2n) is 6.69. The van der Waals surface area contributed by atoms with Crippen molar-refractivity contribution >= 4 is 23.6 Å². The van der Waals surface area contributed by atoms with Gasteiger partial charge in [-0.25, -0.2) is 4.79 Å². The fourth-order valence-corrected chi connectivity index (χ4v) is 3.06. The van der Waals surface area contributed by atoms with Gasteiger partial charge in [0.05, 0.1) is 12.2 Å². The van der Waals surface area contributed by atoms with Crippen LogP contribution in [0.2, 0.25) is 0 Å². The maximum absolute atomic E-state index is 12.0. The third kappa shape index (κ3) is 8.48. The van der Waals surface area contributed by atoms with E-state index in [1.165, 1.54) is 5.56 Å². The van der Waals surface area contributed by atoms with Crippen molar-refractivity contribution in [3.8, 4) is 5.75 Å². The number of carbonyl (C=O) groups excluding carboxylic acids is 2. The molecular formula is C22H27NO4S. The van der Waals surface area contributed by atoms with Gasteiger partial charge in [0.25, 0.3) is 5.91 Å². The Morgan fingerprint density at radius 3 is 2.43 bits per heavy atom. The van der Waals surface area contributed by atoms with Crippen LogP contribution in [-0.2, 0) is 15.3 Å². The molecule has 150 valence electrons. The van der Waals surface area contributed by atoms with Crippen molar-refractivity contribution in [2.75, 3.05) is 25.5 Å². The standard InChI is InChI=1S/C22H27NO4S/c1-17(2)14-26-20-10-8-19(9-11-20)22(25)27-15-21(24)23-12-13-28-16-18-6-4-3-5-7-18/h3-11,17H,12-16H2,1-2H3,(H,23,24). The molecule has 0 aliphatic heterocycles. The Bertz CT molecular complexity index is 732. The molecule has 28 heavy (non-hydrogen) atoms. The highest BCUT2D eigenvalue weighted by atomic mass is 32.2. The van der Waals surface area contributed by atoms with Gasteiger partial charge < -0.3 is 14.8 Å². The van der Waals surface area contributed by atoms with Gasteiger partial charge in [0, 0.05) is 18.1 Å². The molecule has 1 amide bonds. The van der Waals surface area contributed by atoms with E-state index in [1.807, 2.05) is 18.2 Å². The molecule has 0 heterocycles. The van der Waals surface area contributed by atoms with Gasteiger partial charge in [-0.1, -0.05) is 44.2 Å².